The first-order valence-corrected chi connectivity index (χ1v) is 6.83. The summed E-state index contributed by atoms with van der Waals surface area (Å²) >= 11 is 0. The van der Waals surface area contributed by atoms with Gasteiger partial charge in [-0.25, -0.2) is 4.39 Å². The Kier molecular flexibility index (Phi) is 4.74. The van der Waals surface area contributed by atoms with Gasteiger partial charge in [-0.05, 0) is 18.6 Å². The summed E-state index contributed by atoms with van der Waals surface area (Å²) < 4.78 is 13.4. The SMILES string of the molecule is NC(=O)CN1CCCN(C(=O)c2cccc(F)c2N)CC1. The van der Waals surface area contributed by atoms with E-state index in [0.717, 1.165) is 6.42 Å². The van der Waals surface area contributed by atoms with Crippen molar-refractivity contribution in [2.45, 2.75) is 6.42 Å². The molecule has 7 heteroatoms. The lowest BCUT2D eigenvalue weighted by Crippen LogP contribution is -2.38. The fourth-order valence-electron chi connectivity index (χ4n) is 2.45. The molecule has 0 unspecified atom stereocenters. The smallest absolute Gasteiger partial charge is 0.256 e. The van der Waals surface area contributed by atoms with Crippen LogP contribution in [0.25, 0.3) is 0 Å². The fourth-order valence-corrected chi connectivity index (χ4v) is 2.45. The molecular weight excluding hydrogens is 275 g/mol. The van der Waals surface area contributed by atoms with E-state index in [4.69, 9.17) is 11.5 Å². The predicted molar refractivity (Wildman–Crippen MR) is 77.0 cm³/mol. The van der Waals surface area contributed by atoms with Gasteiger partial charge in [-0.2, -0.15) is 0 Å². The molecule has 1 aromatic carbocycles. The minimum atomic E-state index is -0.592. The highest BCUT2D eigenvalue weighted by atomic mass is 19.1. The number of rotatable bonds is 3. The topological polar surface area (TPSA) is 92.7 Å². The van der Waals surface area contributed by atoms with Crippen LogP contribution in [0, 0.1) is 5.82 Å². The van der Waals surface area contributed by atoms with E-state index < -0.39 is 5.82 Å². The number of nitrogens with two attached hydrogens (primary N) is 2. The number of amides is 2. The fraction of sp³-hybridized carbons (Fsp3) is 0.429. The second-order valence-corrected chi connectivity index (χ2v) is 5.09. The van der Waals surface area contributed by atoms with Crippen LogP contribution in [0.15, 0.2) is 18.2 Å². The Hall–Kier alpha value is -2.15. The van der Waals surface area contributed by atoms with Gasteiger partial charge in [-0.3, -0.25) is 14.5 Å². The quantitative estimate of drug-likeness (QED) is 0.770. The lowest BCUT2D eigenvalue weighted by Gasteiger charge is -2.22. The van der Waals surface area contributed by atoms with Crippen LogP contribution in [0.5, 0.6) is 0 Å². The van der Waals surface area contributed by atoms with E-state index in [1.54, 1.807) is 4.90 Å². The minimum absolute atomic E-state index is 0.124. The van der Waals surface area contributed by atoms with Crippen molar-refractivity contribution in [3.05, 3.63) is 29.6 Å². The molecule has 0 radical (unpaired) electrons. The third kappa shape index (κ3) is 3.69. The number of hydrogen-bond acceptors (Lipinski definition) is 4. The average Bonchev–Trinajstić information content (AvgIpc) is 2.66. The first-order valence-electron chi connectivity index (χ1n) is 6.83. The zero-order valence-electron chi connectivity index (χ0n) is 11.7. The Morgan fingerprint density at radius 1 is 1.19 bits per heavy atom. The molecule has 2 amide bonds. The van der Waals surface area contributed by atoms with E-state index in [1.807, 2.05) is 4.90 Å². The van der Waals surface area contributed by atoms with Crippen LogP contribution in [0.1, 0.15) is 16.8 Å². The van der Waals surface area contributed by atoms with Crippen molar-refractivity contribution in [2.75, 3.05) is 38.5 Å². The second kappa shape index (κ2) is 6.53. The summed E-state index contributed by atoms with van der Waals surface area (Å²) in [5.74, 6) is -1.26. The van der Waals surface area contributed by atoms with Crippen molar-refractivity contribution >= 4 is 17.5 Å². The van der Waals surface area contributed by atoms with Gasteiger partial charge in [-0.1, -0.05) is 6.07 Å². The maximum Gasteiger partial charge on any atom is 0.256 e. The van der Waals surface area contributed by atoms with Crippen molar-refractivity contribution < 1.29 is 14.0 Å². The molecule has 1 fully saturated rings. The van der Waals surface area contributed by atoms with Gasteiger partial charge in [-0.15, -0.1) is 0 Å². The third-order valence-electron chi connectivity index (χ3n) is 3.54. The minimum Gasteiger partial charge on any atom is -0.396 e. The van der Waals surface area contributed by atoms with Crippen molar-refractivity contribution in [1.82, 2.24) is 9.80 Å². The Bertz CT molecular complexity index is 550. The Morgan fingerprint density at radius 3 is 2.67 bits per heavy atom. The van der Waals surface area contributed by atoms with Gasteiger partial charge >= 0.3 is 0 Å². The van der Waals surface area contributed by atoms with Gasteiger partial charge < -0.3 is 16.4 Å². The first-order chi connectivity index (χ1) is 9.99. The van der Waals surface area contributed by atoms with Crippen LogP contribution in [0.4, 0.5) is 10.1 Å². The number of anilines is 1. The van der Waals surface area contributed by atoms with Gasteiger partial charge in [0.2, 0.25) is 5.91 Å². The zero-order valence-corrected chi connectivity index (χ0v) is 11.7. The van der Waals surface area contributed by atoms with Crippen molar-refractivity contribution in [2.24, 2.45) is 5.73 Å². The van der Waals surface area contributed by atoms with Crippen LogP contribution in [-0.4, -0.2) is 54.3 Å². The summed E-state index contributed by atoms with van der Waals surface area (Å²) in [6, 6.07) is 4.21. The van der Waals surface area contributed by atoms with Crippen LogP contribution < -0.4 is 11.5 Å². The van der Waals surface area contributed by atoms with E-state index in [2.05, 4.69) is 0 Å². The van der Waals surface area contributed by atoms with Gasteiger partial charge in [0.25, 0.3) is 5.91 Å². The lowest BCUT2D eigenvalue weighted by molar-refractivity contribution is -0.119. The highest BCUT2D eigenvalue weighted by molar-refractivity contribution is 5.99. The molecule has 21 heavy (non-hydrogen) atoms. The molecular formula is C14H19FN4O2. The standard InChI is InChI=1S/C14H19FN4O2/c15-11-4-1-3-10(13(11)17)14(21)19-6-2-5-18(7-8-19)9-12(16)20/h1,3-4H,2,5-9,17H2,(H2,16,20). The summed E-state index contributed by atoms with van der Waals surface area (Å²) in [7, 11) is 0. The van der Waals surface area contributed by atoms with E-state index in [1.165, 1.54) is 18.2 Å². The summed E-state index contributed by atoms with van der Waals surface area (Å²) in [6.45, 7) is 2.45. The normalized spacial score (nSPS) is 16.5. The number of hydrogen-bond donors (Lipinski definition) is 2. The molecule has 6 nitrogen and oxygen atoms in total. The van der Waals surface area contributed by atoms with Crippen LogP contribution in [-0.2, 0) is 4.79 Å². The molecule has 0 bridgehead atoms. The average molecular weight is 294 g/mol. The molecule has 1 aromatic rings. The molecule has 1 heterocycles. The molecule has 0 saturated carbocycles. The number of carbonyl (C=O) groups is 2. The lowest BCUT2D eigenvalue weighted by atomic mass is 10.1. The molecule has 4 N–H and O–H groups in total. The Balaban J connectivity index is 2.06. The summed E-state index contributed by atoms with van der Waals surface area (Å²) in [5, 5.41) is 0. The Morgan fingerprint density at radius 2 is 1.95 bits per heavy atom. The molecule has 0 aliphatic carbocycles. The van der Waals surface area contributed by atoms with E-state index >= 15 is 0 Å². The third-order valence-corrected chi connectivity index (χ3v) is 3.54. The highest BCUT2D eigenvalue weighted by Gasteiger charge is 2.23. The zero-order chi connectivity index (χ0) is 15.4. The molecule has 0 spiro atoms. The van der Waals surface area contributed by atoms with E-state index in [-0.39, 0.29) is 29.6 Å². The maximum atomic E-state index is 13.4. The molecule has 1 aliphatic heterocycles. The number of primary amides is 1. The van der Waals surface area contributed by atoms with E-state index in [9.17, 15) is 14.0 Å². The molecule has 0 aromatic heterocycles. The van der Waals surface area contributed by atoms with Crippen molar-refractivity contribution in [1.29, 1.82) is 0 Å². The second-order valence-electron chi connectivity index (χ2n) is 5.09. The maximum absolute atomic E-state index is 13.4. The van der Waals surface area contributed by atoms with Crippen LogP contribution >= 0.6 is 0 Å². The van der Waals surface area contributed by atoms with Gasteiger partial charge in [0.1, 0.15) is 5.82 Å². The highest BCUT2D eigenvalue weighted by Crippen LogP contribution is 2.18. The summed E-state index contributed by atoms with van der Waals surface area (Å²) in [6.07, 6.45) is 0.730. The number of nitrogens with zero attached hydrogens (tertiary/aromatic N) is 2. The van der Waals surface area contributed by atoms with Crippen LogP contribution in [0.3, 0.4) is 0 Å². The van der Waals surface area contributed by atoms with E-state index in [0.29, 0.717) is 26.2 Å². The van der Waals surface area contributed by atoms with Gasteiger partial charge in [0, 0.05) is 26.2 Å². The molecule has 0 atom stereocenters. The number of halogens is 1. The number of para-hydroxylation sites is 1. The van der Waals surface area contributed by atoms with Gasteiger partial charge in [0.05, 0.1) is 17.8 Å². The number of benzene rings is 1. The largest absolute Gasteiger partial charge is 0.396 e. The number of carbonyl (C=O) groups excluding carboxylic acids is 2. The molecule has 1 aliphatic rings. The molecule has 2 rings (SSSR count). The molecule has 114 valence electrons. The molecule has 1 saturated heterocycles. The Labute approximate surface area is 122 Å². The van der Waals surface area contributed by atoms with Crippen molar-refractivity contribution in [3.63, 3.8) is 0 Å². The summed E-state index contributed by atoms with van der Waals surface area (Å²) in [4.78, 5) is 26.9. The van der Waals surface area contributed by atoms with Gasteiger partial charge in [0.15, 0.2) is 0 Å². The van der Waals surface area contributed by atoms with Crippen LogP contribution in [0.2, 0.25) is 0 Å². The monoisotopic (exact) mass is 294 g/mol. The van der Waals surface area contributed by atoms with Crippen molar-refractivity contribution in [3.8, 4) is 0 Å². The first kappa shape index (κ1) is 15.2. The number of nitrogen functional groups attached to an aromatic ring is 1. The summed E-state index contributed by atoms with van der Waals surface area (Å²) in [5.41, 5.74) is 10.9. The predicted octanol–water partition coefficient (Wildman–Crippen LogP) is 0.0411.